The fourth-order valence-electron chi connectivity index (χ4n) is 1.56. The monoisotopic (exact) mass is 300 g/mol. The second-order valence-corrected chi connectivity index (χ2v) is 4.80. The van der Waals surface area contributed by atoms with Crippen molar-refractivity contribution >= 4 is 15.9 Å². The summed E-state index contributed by atoms with van der Waals surface area (Å²) in [4.78, 5) is 0. The smallest absolute Gasteiger partial charge is 0.118 e. The van der Waals surface area contributed by atoms with Crippen LogP contribution in [0.25, 0.3) is 0 Å². The van der Waals surface area contributed by atoms with E-state index in [1.54, 1.807) is 7.11 Å². The van der Waals surface area contributed by atoms with Crippen LogP contribution in [0.3, 0.4) is 0 Å². The molecule has 96 valence electrons. The van der Waals surface area contributed by atoms with Gasteiger partial charge in [-0.15, -0.1) is 0 Å². The molecule has 2 nitrogen and oxygen atoms in total. The number of benzene rings is 1. The van der Waals surface area contributed by atoms with Crippen molar-refractivity contribution < 1.29 is 9.47 Å². The normalized spacial score (nSPS) is 10.5. The highest BCUT2D eigenvalue weighted by molar-refractivity contribution is 9.09. The summed E-state index contributed by atoms with van der Waals surface area (Å²) in [5, 5.41) is 1.11. The highest BCUT2D eigenvalue weighted by Crippen LogP contribution is 2.12. The standard InChI is InChI=1S/C14H21BrO2/c1-16-14-8-6-13(7-9-14)12-17-11-5-3-2-4-10-15/h6-9H,2-5,10-12H2,1H3. The molecule has 1 rings (SSSR count). The summed E-state index contributed by atoms with van der Waals surface area (Å²) in [5.41, 5.74) is 1.20. The molecule has 0 spiro atoms. The van der Waals surface area contributed by atoms with Crippen LogP contribution in [0.2, 0.25) is 0 Å². The Labute approximate surface area is 112 Å². The van der Waals surface area contributed by atoms with Crippen molar-refractivity contribution in [3.8, 4) is 5.75 Å². The van der Waals surface area contributed by atoms with Gasteiger partial charge in [-0.25, -0.2) is 0 Å². The number of hydrogen-bond donors (Lipinski definition) is 0. The van der Waals surface area contributed by atoms with Gasteiger partial charge in [-0.2, -0.15) is 0 Å². The lowest BCUT2D eigenvalue weighted by atomic mass is 10.2. The number of unbranched alkanes of at least 4 members (excludes halogenated alkanes) is 3. The van der Waals surface area contributed by atoms with Crippen LogP contribution < -0.4 is 4.74 Å². The number of ether oxygens (including phenoxy) is 2. The molecule has 0 amide bonds. The predicted octanol–water partition coefficient (Wildman–Crippen LogP) is 4.17. The summed E-state index contributed by atoms with van der Waals surface area (Å²) in [5.74, 6) is 0.892. The second-order valence-electron chi connectivity index (χ2n) is 4.00. The fourth-order valence-corrected chi connectivity index (χ4v) is 1.96. The van der Waals surface area contributed by atoms with E-state index in [9.17, 15) is 0 Å². The maximum Gasteiger partial charge on any atom is 0.118 e. The summed E-state index contributed by atoms with van der Waals surface area (Å²) < 4.78 is 10.7. The van der Waals surface area contributed by atoms with E-state index in [0.29, 0.717) is 6.61 Å². The Hall–Kier alpha value is -0.540. The molecule has 17 heavy (non-hydrogen) atoms. The van der Waals surface area contributed by atoms with Crippen LogP contribution in [0.1, 0.15) is 31.2 Å². The Morgan fingerprint density at radius 2 is 1.71 bits per heavy atom. The zero-order valence-electron chi connectivity index (χ0n) is 10.5. The summed E-state index contributed by atoms with van der Waals surface area (Å²) in [6.07, 6.45) is 4.97. The first-order valence-electron chi connectivity index (χ1n) is 6.13. The molecule has 0 saturated carbocycles. The molecule has 0 bridgehead atoms. The van der Waals surface area contributed by atoms with Crippen LogP contribution >= 0.6 is 15.9 Å². The van der Waals surface area contributed by atoms with E-state index >= 15 is 0 Å². The van der Waals surface area contributed by atoms with Crippen molar-refractivity contribution in [3.63, 3.8) is 0 Å². The lowest BCUT2D eigenvalue weighted by Gasteiger charge is -2.05. The number of hydrogen-bond acceptors (Lipinski definition) is 2. The summed E-state index contributed by atoms with van der Waals surface area (Å²) in [7, 11) is 1.68. The van der Waals surface area contributed by atoms with E-state index in [1.165, 1.54) is 24.8 Å². The molecule has 0 aromatic heterocycles. The van der Waals surface area contributed by atoms with Crippen LogP contribution in [0.4, 0.5) is 0 Å². The van der Waals surface area contributed by atoms with Gasteiger partial charge in [0.2, 0.25) is 0 Å². The number of alkyl halides is 1. The quantitative estimate of drug-likeness (QED) is 0.503. The molecular weight excluding hydrogens is 280 g/mol. The molecule has 1 aromatic rings. The first-order valence-corrected chi connectivity index (χ1v) is 7.25. The minimum Gasteiger partial charge on any atom is -0.497 e. The Kier molecular flexibility index (Phi) is 8.10. The SMILES string of the molecule is COc1ccc(COCCCCCCBr)cc1. The van der Waals surface area contributed by atoms with E-state index in [0.717, 1.165) is 24.1 Å². The second kappa shape index (κ2) is 9.49. The summed E-state index contributed by atoms with van der Waals surface area (Å²) in [6, 6.07) is 8.02. The molecule has 0 aliphatic rings. The van der Waals surface area contributed by atoms with Gasteiger partial charge in [-0.3, -0.25) is 0 Å². The zero-order chi connectivity index (χ0) is 12.3. The van der Waals surface area contributed by atoms with E-state index < -0.39 is 0 Å². The highest BCUT2D eigenvalue weighted by atomic mass is 79.9. The number of methoxy groups -OCH3 is 1. The van der Waals surface area contributed by atoms with Gasteiger partial charge < -0.3 is 9.47 Å². The molecule has 0 atom stereocenters. The molecule has 0 N–H and O–H groups in total. The number of halogens is 1. The molecule has 3 heteroatoms. The minimum atomic E-state index is 0.697. The van der Waals surface area contributed by atoms with Crippen molar-refractivity contribution in [2.24, 2.45) is 0 Å². The van der Waals surface area contributed by atoms with E-state index in [-0.39, 0.29) is 0 Å². The first-order chi connectivity index (χ1) is 8.36. The van der Waals surface area contributed by atoms with Gasteiger partial charge in [0.1, 0.15) is 5.75 Å². The molecule has 0 aliphatic heterocycles. The van der Waals surface area contributed by atoms with Crippen LogP contribution in [-0.2, 0) is 11.3 Å². The third kappa shape index (κ3) is 6.69. The van der Waals surface area contributed by atoms with Crippen molar-refractivity contribution in [2.45, 2.75) is 32.3 Å². The van der Waals surface area contributed by atoms with Gasteiger partial charge in [-0.1, -0.05) is 40.9 Å². The molecule has 0 saturated heterocycles. The van der Waals surface area contributed by atoms with Gasteiger partial charge >= 0.3 is 0 Å². The van der Waals surface area contributed by atoms with E-state index in [1.807, 2.05) is 24.3 Å². The molecular formula is C14H21BrO2. The zero-order valence-corrected chi connectivity index (χ0v) is 12.0. The van der Waals surface area contributed by atoms with Crippen LogP contribution in [0.5, 0.6) is 5.75 Å². The molecule has 0 heterocycles. The predicted molar refractivity (Wildman–Crippen MR) is 74.9 cm³/mol. The summed E-state index contributed by atoms with van der Waals surface area (Å²) >= 11 is 3.43. The van der Waals surface area contributed by atoms with E-state index in [4.69, 9.17) is 9.47 Å². The third-order valence-electron chi connectivity index (χ3n) is 2.60. The highest BCUT2D eigenvalue weighted by Gasteiger charge is 1.95. The Morgan fingerprint density at radius 1 is 1.00 bits per heavy atom. The van der Waals surface area contributed by atoms with Crippen LogP contribution in [0.15, 0.2) is 24.3 Å². The van der Waals surface area contributed by atoms with E-state index in [2.05, 4.69) is 15.9 Å². The molecule has 0 unspecified atom stereocenters. The molecule has 0 aliphatic carbocycles. The average molecular weight is 301 g/mol. The minimum absolute atomic E-state index is 0.697. The maximum absolute atomic E-state index is 5.62. The maximum atomic E-state index is 5.62. The van der Waals surface area contributed by atoms with Gasteiger partial charge in [-0.05, 0) is 30.5 Å². The van der Waals surface area contributed by atoms with Gasteiger partial charge in [0.15, 0.2) is 0 Å². The van der Waals surface area contributed by atoms with Crippen LogP contribution in [-0.4, -0.2) is 19.0 Å². The lowest BCUT2D eigenvalue weighted by Crippen LogP contribution is -1.96. The molecule has 0 radical (unpaired) electrons. The van der Waals surface area contributed by atoms with Gasteiger partial charge in [0.05, 0.1) is 13.7 Å². The van der Waals surface area contributed by atoms with Crippen LogP contribution in [0, 0.1) is 0 Å². The lowest BCUT2D eigenvalue weighted by molar-refractivity contribution is 0.117. The third-order valence-corrected chi connectivity index (χ3v) is 3.16. The largest absolute Gasteiger partial charge is 0.497 e. The molecule has 1 aromatic carbocycles. The topological polar surface area (TPSA) is 18.5 Å². The Bertz CT molecular complexity index is 285. The number of rotatable bonds is 9. The molecule has 0 fully saturated rings. The Morgan fingerprint density at radius 3 is 2.35 bits per heavy atom. The van der Waals surface area contributed by atoms with Crippen molar-refractivity contribution in [2.75, 3.05) is 19.0 Å². The van der Waals surface area contributed by atoms with Crippen molar-refractivity contribution in [1.29, 1.82) is 0 Å². The van der Waals surface area contributed by atoms with Gasteiger partial charge in [0, 0.05) is 11.9 Å². The fraction of sp³-hybridized carbons (Fsp3) is 0.571. The van der Waals surface area contributed by atoms with Crippen molar-refractivity contribution in [1.82, 2.24) is 0 Å². The Balaban J connectivity index is 2.05. The van der Waals surface area contributed by atoms with Crippen molar-refractivity contribution in [3.05, 3.63) is 29.8 Å². The first kappa shape index (κ1) is 14.5. The average Bonchev–Trinajstić information content (AvgIpc) is 2.38. The van der Waals surface area contributed by atoms with Gasteiger partial charge in [0.25, 0.3) is 0 Å². The summed E-state index contributed by atoms with van der Waals surface area (Å²) in [6.45, 7) is 1.55.